The number of amides is 2. The van der Waals surface area contributed by atoms with Crippen LogP contribution in [0.4, 0.5) is 10.5 Å². The van der Waals surface area contributed by atoms with Gasteiger partial charge in [-0.3, -0.25) is 0 Å². The molecule has 0 aliphatic heterocycles. The number of nitrogens with zero attached hydrogens (tertiary/aromatic N) is 1. The highest BCUT2D eigenvalue weighted by Gasteiger charge is 1.98. The lowest BCUT2D eigenvalue weighted by atomic mass is 10.2. The summed E-state index contributed by atoms with van der Waals surface area (Å²) in [6.07, 6.45) is 1.51. The van der Waals surface area contributed by atoms with Crippen LogP contribution in [0.15, 0.2) is 29.4 Å². The van der Waals surface area contributed by atoms with E-state index in [9.17, 15) is 4.79 Å². The first kappa shape index (κ1) is 10.2. The number of hydrogen-bond donors (Lipinski definition) is 2. The van der Waals surface area contributed by atoms with Gasteiger partial charge < -0.3 is 5.32 Å². The third-order valence-electron chi connectivity index (χ3n) is 1.57. The fraction of sp³-hybridized carbons (Fsp3) is 0.200. The third kappa shape index (κ3) is 3.26. The van der Waals surface area contributed by atoms with Gasteiger partial charge in [-0.1, -0.05) is 12.1 Å². The van der Waals surface area contributed by atoms with Crippen LogP contribution in [-0.2, 0) is 0 Å². The number of benzene rings is 1. The average molecular weight is 191 g/mol. The minimum atomic E-state index is -0.339. The summed E-state index contributed by atoms with van der Waals surface area (Å²) < 4.78 is 0. The molecule has 0 spiro atoms. The Balaban J connectivity index is 2.56. The van der Waals surface area contributed by atoms with E-state index in [2.05, 4.69) is 15.8 Å². The Morgan fingerprint density at radius 1 is 1.50 bits per heavy atom. The van der Waals surface area contributed by atoms with Crippen molar-refractivity contribution in [3.05, 3.63) is 29.8 Å². The summed E-state index contributed by atoms with van der Waals surface area (Å²) in [6, 6.07) is 7.22. The number of carbonyl (C=O) groups is 1. The summed E-state index contributed by atoms with van der Waals surface area (Å²) in [6.45, 7) is 3.69. The van der Waals surface area contributed by atoms with Gasteiger partial charge in [0.15, 0.2) is 0 Å². The Kier molecular flexibility index (Phi) is 3.67. The molecule has 2 N–H and O–H groups in total. The van der Waals surface area contributed by atoms with E-state index in [0.29, 0.717) is 0 Å². The minimum absolute atomic E-state index is 0.339. The van der Waals surface area contributed by atoms with E-state index in [1.165, 1.54) is 6.21 Å². The third-order valence-corrected chi connectivity index (χ3v) is 1.57. The summed E-state index contributed by atoms with van der Waals surface area (Å²) in [7, 11) is 0. The average Bonchev–Trinajstić information content (AvgIpc) is 2.15. The Morgan fingerprint density at radius 3 is 2.93 bits per heavy atom. The molecule has 0 fully saturated rings. The first-order valence-corrected chi connectivity index (χ1v) is 4.33. The summed E-state index contributed by atoms with van der Waals surface area (Å²) in [4.78, 5) is 11.1. The number of aryl methyl sites for hydroxylation is 1. The number of hydrogen-bond acceptors (Lipinski definition) is 2. The maximum absolute atomic E-state index is 11.1. The van der Waals surface area contributed by atoms with Crippen molar-refractivity contribution >= 4 is 17.9 Å². The SMILES string of the molecule is C/C=N/NC(=O)Nc1cccc(C)c1. The number of carbonyl (C=O) groups excluding carboxylic acids is 1. The fourth-order valence-electron chi connectivity index (χ4n) is 1.01. The van der Waals surface area contributed by atoms with Gasteiger partial charge in [0.05, 0.1) is 0 Å². The van der Waals surface area contributed by atoms with Crippen LogP contribution in [0.2, 0.25) is 0 Å². The Morgan fingerprint density at radius 2 is 2.29 bits per heavy atom. The first-order valence-electron chi connectivity index (χ1n) is 4.33. The highest BCUT2D eigenvalue weighted by atomic mass is 16.2. The monoisotopic (exact) mass is 191 g/mol. The van der Waals surface area contributed by atoms with E-state index in [1.54, 1.807) is 6.92 Å². The van der Waals surface area contributed by atoms with Gasteiger partial charge >= 0.3 is 6.03 Å². The van der Waals surface area contributed by atoms with Crippen LogP contribution in [0, 0.1) is 6.92 Å². The van der Waals surface area contributed by atoms with Gasteiger partial charge in [0.1, 0.15) is 0 Å². The van der Waals surface area contributed by atoms with E-state index in [0.717, 1.165) is 11.3 Å². The molecule has 14 heavy (non-hydrogen) atoms. The number of rotatable bonds is 2. The molecule has 1 aromatic rings. The van der Waals surface area contributed by atoms with Gasteiger partial charge in [-0.25, -0.2) is 10.2 Å². The molecule has 0 saturated carbocycles. The lowest BCUT2D eigenvalue weighted by molar-refractivity contribution is 0.252. The topological polar surface area (TPSA) is 53.5 Å². The molecule has 4 nitrogen and oxygen atoms in total. The second-order valence-corrected chi connectivity index (χ2v) is 2.82. The van der Waals surface area contributed by atoms with Crippen LogP contribution in [0.3, 0.4) is 0 Å². The zero-order chi connectivity index (χ0) is 10.4. The summed E-state index contributed by atoms with van der Waals surface area (Å²) in [5.74, 6) is 0. The Hall–Kier alpha value is -1.84. The molecular formula is C10H13N3O. The molecule has 0 radical (unpaired) electrons. The van der Waals surface area contributed by atoms with Gasteiger partial charge in [-0.05, 0) is 31.5 Å². The van der Waals surface area contributed by atoms with Crippen molar-refractivity contribution in [2.75, 3.05) is 5.32 Å². The highest BCUT2D eigenvalue weighted by Crippen LogP contribution is 2.08. The first-order chi connectivity index (χ1) is 6.72. The van der Waals surface area contributed by atoms with Crippen molar-refractivity contribution in [2.24, 2.45) is 5.10 Å². The Labute approximate surface area is 83.0 Å². The molecule has 4 heteroatoms. The smallest absolute Gasteiger partial charge is 0.307 e. The highest BCUT2D eigenvalue weighted by molar-refractivity contribution is 5.89. The molecule has 0 atom stereocenters. The van der Waals surface area contributed by atoms with Gasteiger partial charge in [-0.15, -0.1) is 0 Å². The number of hydrazone groups is 1. The molecule has 2 amide bonds. The van der Waals surface area contributed by atoms with Crippen molar-refractivity contribution in [3.63, 3.8) is 0 Å². The molecule has 1 aromatic carbocycles. The van der Waals surface area contributed by atoms with Gasteiger partial charge in [0.2, 0.25) is 0 Å². The van der Waals surface area contributed by atoms with Crippen molar-refractivity contribution in [2.45, 2.75) is 13.8 Å². The second kappa shape index (κ2) is 5.01. The van der Waals surface area contributed by atoms with E-state index in [-0.39, 0.29) is 6.03 Å². The number of anilines is 1. The lowest BCUT2D eigenvalue weighted by Gasteiger charge is -2.04. The summed E-state index contributed by atoms with van der Waals surface area (Å²) in [5, 5.41) is 6.26. The molecular weight excluding hydrogens is 178 g/mol. The molecule has 0 aromatic heterocycles. The molecule has 0 unspecified atom stereocenters. The zero-order valence-electron chi connectivity index (χ0n) is 8.24. The summed E-state index contributed by atoms with van der Waals surface area (Å²) in [5.41, 5.74) is 4.18. The van der Waals surface area contributed by atoms with Crippen molar-refractivity contribution < 1.29 is 4.79 Å². The zero-order valence-corrected chi connectivity index (χ0v) is 8.24. The van der Waals surface area contributed by atoms with Crippen LogP contribution in [-0.4, -0.2) is 12.2 Å². The lowest BCUT2D eigenvalue weighted by Crippen LogP contribution is -2.23. The minimum Gasteiger partial charge on any atom is -0.307 e. The van der Waals surface area contributed by atoms with E-state index in [1.807, 2.05) is 31.2 Å². The maximum Gasteiger partial charge on any atom is 0.339 e. The fourth-order valence-corrected chi connectivity index (χ4v) is 1.01. The second-order valence-electron chi connectivity index (χ2n) is 2.82. The van der Waals surface area contributed by atoms with E-state index < -0.39 is 0 Å². The molecule has 0 bridgehead atoms. The van der Waals surface area contributed by atoms with Crippen molar-refractivity contribution in [1.82, 2.24) is 5.43 Å². The summed E-state index contributed by atoms with van der Waals surface area (Å²) >= 11 is 0. The van der Waals surface area contributed by atoms with Crippen LogP contribution in [0.1, 0.15) is 12.5 Å². The predicted octanol–water partition coefficient (Wildman–Crippen LogP) is 2.12. The van der Waals surface area contributed by atoms with Crippen LogP contribution < -0.4 is 10.7 Å². The van der Waals surface area contributed by atoms with Crippen LogP contribution in [0.5, 0.6) is 0 Å². The molecule has 0 saturated heterocycles. The quantitative estimate of drug-likeness (QED) is 0.546. The molecule has 0 aliphatic carbocycles. The Bertz CT molecular complexity index is 347. The van der Waals surface area contributed by atoms with Crippen LogP contribution in [0.25, 0.3) is 0 Å². The molecule has 0 heterocycles. The van der Waals surface area contributed by atoms with E-state index in [4.69, 9.17) is 0 Å². The number of nitrogens with one attached hydrogen (secondary N) is 2. The van der Waals surface area contributed by atoms with Crippen molar-refractivity contribution in [1.29, 1.82) is 0 Å². The van der Waals surface area contributed by atoms with Gasteiger partial charge in [-0.2, -0.15) is 5.10 Å². The van der Waals surface area contributed by atoms with E-state index >= 15 is 0 Å². The normalized spacial score (nSPS) is 10.1. The predicted molar refractivity (Wildman–Crippen MR) is 57.5 cm³/mol. The molecule has 74 valence electrons. The van der Waals surface area contributed by atoms with Crippen LogP contribution >= 0.6 is 0 Å². The maximum atomic E-state index is 11.1. The standard InChI is InChI=1S/C10H13N3O/c1-3-11-13-10(14)12-9-6-4-5-8(2)7-9/h3-7H,1-2H3,(H2,12,13,14)/b11-3+. The molecule has 1 rings (SSSR count). The van der Waals surface area contributed by atoms with Crippen molar-refractivity contribution in [3.8, 4) is 0 Å². The number of urea groups is 1. The van der Waals surface area contributed by atoms with Gasteiger partial charge in [0.25, 0.3) is 0 Å². The largest absolute Gasteiger partial charge is 0.339 e. The molecule has 0 aliphatic rings. The van der Waals surface area contributed by atoms with Gasteiger partial charge in [0, 0.05) is 11.9 Å².